The number of carbonyl (C=O) groups is 1. The molecule has 1 aromatic carbocycles. The van der Waals surface area contributed by atoms with E-state index in [1.807, 2.05) is 0 Å². The van der Waals surface area contributed by atoms with E-state index in [-0.39, 0.29) is 10.8 Å². The molecule has 1 rings (SSSR count). The number of sulfonamides is 1. The summed E-state index contributed by atoms with van der Waals surface area (Å²) in [6, 6.07) is 3.64. The van der Waals surface area contributed by atoms with Gasteiger partial charge < -0.3 is 5.32 Å². The van der Waals surface area contributed by atoms with Gasteiger partial charge in [-0.05, 0) is 37.1 Å². The van der Waals surface area contributed by atoms with Crippen LogP contribution in [0.2, 0.25) is 0 Å². The monoisotopic (exact) mass is 330 g/mol. The third-order valence-electron chi connectivity index (χ3n) is 3.23. The van der Waals surface area contributed by atoms with Gasteiger partial charge in [0, 0.05) is 6.54 Å². The zero-order chi connectivity index (χ0) is 16.6. The lowest BCUT2D eigenvalue weighted by Crippen LogP contribution is -2.46. The summed E-state index contributed by atoms with van der Waals surface area (Å²) in [7, 11) is -3.85. The summed E-state index contributed by atoms with van der Waals surface area (Å²) >= 11 is 0. The molecule has 0 spiro atoms. The fourth-order valence-corrected chi connectivity index (χ4v) is 3.18. The van der Waals surface area contributed by atoms with E-state index in [0.717, 1.165) is 31.4 Å². The van der Waals surface area contributed by atoms with Crippen molar-refractivity contribution < 1.29 is 17.6 Å². The summed E-state index contributed by atoms with van der Waals surface area (Å²) in [5.74, 6) is -0.857. The maximum absolute atomic E-state index is 12.9. The van der Waals surface area contributed by atoms with Gasteiger partial charge in [0.25, 0.3) is 0 Å². The first kappa shape index (κ1) is 18.6. The Kier molecular flexibility index (Phi) is 7.47. The Morgan fingerprint density at radius 2 is 1.82 bits per heavy atom. The van der Waals surface area contributed by atoms with Gasteiger partial charge in [-0.2, -0.15) is 4.72 Å². The van der Waals surface area contributed by atoms with Crippen LogP contribution in [0.15, 0.2) is 29.2 Å². The largest absolute Gasteiger partial charge is 0.355 e. The van der Waals surface area contributed by atoms with E-state index >= 15 is 0 Å². The predicted octanol–water partition coefficient (Wildman–Crippen LogP) is 2.19. The lowest BCUT2D eigenvalue weighted by molar-refractivity contribution is -0.122. The van der Waals surface area contributed by atoms with Gasteiger partial charge in [-0.3, -0.25) is 4.79 Å². The van der Waals surface area contributed by atoms with E-state index < -0.39 is 21.9 Å². The maximum Gasteiger partial charge on any atom is 0.241 e. The smallest absolute Gasteiger partial charge is 0.241 e. The van der Waals surface area contributed by atoms with Gasteiger partial charge in [0.05, 0.1) is 4.90 Å². The van der Waals surface area contributed by atoms with Gasteiger partial charge in [0.1, 0.15) is 11.9 Å². The topological polar surface area (TPSA) is 75.3 Å². The molecule has 0 heterocycles. The van der Waals surface area contributed by atoms with Gasteiger partial charge in [-0.25, -0.2) is 12.8 Å². The number of benzene rings is 1. The molecule has 22 heavy (non-hydrogen) atoms. The molecule has 1 atom stereocenters. The van der Waals surface area contributed by atoms with Crippen LogP contribution in [-0.4, -0.2) is 26.9 Å². The molecule has 1 amide bonds. The van der Waals surface area contributed by atoms with Crippen molar-refractivity contribution in [2.24, 2.45) is 0 Å². The minimum atomic E-state index is -3.85. The predicted molar refractivity (Wildman–Crippen MR) is 83.3 cm³/mol. The Hall–Kier alpha value is -1.47. The van der Waals surface area contributed by atoms with Gasteiger partial charge >= 0.3 is 0 Å². The second-order valence-electron chi connectivity index (χ2n) is 5.03. The summed E-state index contributed by atoms with van der Waals surface area (Å²) in [5.41, 5.74) is 0. The minimum Gasteiger partial charge on any atom is -0.355 e. The first-order valence-electron chi connectivity index (χ1n) is 7.46. The van der Waals surface area contributed by atoms with Crippen molar-refractivity contribution in [2.75, 3.05) is 6.54 Å². The summed E-state index contributed by atoms with van der Waals surface area (Å²) in [6.07, 6.45) is 3.26. The van der Waals surface area contributed by atoms with Crippen LogP contribution in [0.3, 0.4) is 0 Å². The molecule has 0 fully saturated rings. The molecule has 0 aliphatic heterocycles. The second-order valence-corrected chi connectivity index (χ2v) is 6.75. The van der Waals surface area contributed by atoms with Crippen LogP contribution < -0.4 is 10.0 Å². The number of unbranched alkanes of at least 4 members (excludes halogenated alkanes) is 2. The summed E-state index contributed by atoms with van der Waals surface area (Å²) in [6.45, 7) is 4.32. The molecule has 0 aliphatic carbocycles. The summed E-state index contributed by atoms with van der Waals surface area (Å²) in [5, 5.41) is 2.73. The van der Waals surface area contributed by atoms with Crippen molar-refractivity contribution in [1.29, 1.82) is 0 Å². The lowest BCUT2D eigenvalue weighted by Gasteiger charge is -2.17. The number of hydrogen-bond donors (Lipinski definition) is 2. The highest BCUT2D eigenvalue weighted by Crippen LogP contribution is 2.11. The molecule has 5 nitrogen and oxygen atoms in total. The van der Waals surface area contributed by atoms with Crippen molar-refractivity contribution in [2.45, 2.75) is 50.5 Å². The molecule has 0 bridgehead atoms. The lowest BCUT2D eigenvalue weighted by atomic mass is 10.2. The standard InChI is InChI=1S/C15H23FN2O3S/c1-3-5-6-11-17-15(19)14(4-2)18-22(20,21)13-9-7-12(16)8-10-13/h7-10,14,18H,3-6,11H2,1-2H3,(H,17,19). The van der Waals surface area contributed by atoms with Crippen LogP contribution >= 0.6 is 0 Å². The molecule has 0 saturated carbocycles. The van der Waals surface area contributed by atoms with Crippen molar-refractivity contribution >= 4 is 15.9 Å². The Morgan fingerprint density at radius 3 is 2.36 bits per heavy atom. The number of halogens is 1. The number of rotatable bonds is 9. The minimum absolute atomic E-state index is 0.0638. The molecule has 124 valence electrons. The van der Waals surface area contributed by atoms with Crippen LogP contribution in [0.4, 0.5) is 4.39 Å². The van der Waals surface area contributed by atoms with Gasteiger partial charge in [0.15, 0.2) is 0 Å². The van der Waals surface area contributed by atoms with E-state index in [4.69, 9.17) is 0 Å². The van der Waals surface area contributed by atoms with E-state index in [0.29, 0.717) is 13.0 Å². The zero-order valence-electron chi connectivity index (χ0n) is 12.9. The Bertz CT molecular complexity index is 573. The molecular weight excluding hydrogens is 307 g/mol. The van der Waals surface area contributed by atoms with Crippen molar-refractivity contribution in [3.05, 3.63) is 30.1 Å². The third kappa shape index (κ3) is 5.73. The quantitative estimate of drug-likeness (QED) is 0.682. The molecule has 0 radical (unpaired) electrons. The van der Waals surface area contributed by atoms with Crippen molar-refractivity contribution in [3.8, 4) is 0 Å². The fourth-order valence-electron chi connectivity index (χ4n) is 1.90. The Labute approximate surface area is 131 Å². The van der Waals surface area contributed by atoms with Gasteiger partial charge in [-0.15, -0.1) is 0 Å². The summed E-state index contributed by atoms with van der Waals surface area (Å²) < 4.78 is 39.6. The van der Waals surface area contributed by atoms with Gasteiger partial charge in [0.2, 0.25) is 15.9 Å². The van der Waals surface area contributed by atoms with E-state index in [1.54, 1.807) is 6.92 Å². The SMILES string of the molecule is CCCCCNC(=O)C(CC)NS(=O)(=O)c1ccc(F)cc1. The molecule has 0 saturated heterocycles. The van der Waals surface area contributed by atoms with Crippen LogP contribution in [0.25, 0.3) is 0 Å². The van der Waals surface area contributed by atoms with E-state index in [9.17, 15) is 17.6 Å². The molecule has 1 aromatic rings. The van der Waals surface area contributed by atoms with Crippen molar-refractivity contribution in [1.82, 2.24) is 10.0 Å². The fraction of sp³-hybridized carbons (Fsp3) is 0.533. The number of hydrogen-bond acceptors (Lipinski definition) is 3. The third-order valence-corrected chi connectivity index (χ3v) is 4.71. The van der Waals surface area contributed by atoms with Crippen LogP contribution in [-0.2, 0) is 14.8 Å². The van der Waals surface area contributed by atoms with Crippen LogP contribution in [0, 0.1) is 5.82 Å². The first-order chi connectivity index (χ1) is 10.4. The van der Waals surface area contributed by atoms with Crippen molar-refractivity contribution in [3.63, 3.8) is 0 Å². The average Bonchev–Trinajstić information content (AvgIpc) is 2.49. The highest BCUT2D eigenvalue weighted by molar-refractivity contribution is 7.89. The molecule has 2 N–H and O–H groups in total. The number of amides is 1. The van der Waals surface area contributed by atoms with Crippen LogP contribution in [0.5, 0.6) is 0 Å². The number of nitrogens with one attached hydrogen (secondary N) is 2. The Morgan fingerprint density at radius 1 is 1.18 bits per heavy atom. The molecule has 0 aliphatic rings. The zero-order valence-corrected chi connectivity index (χ0v) is 13.7. The molecule has 0 aromatic heterocycles. The maximum atomic E-state index is 12.9. The second kappa shape index (κ2) is 8.85. The summed E-state index contributed by atoms with van der Waals surface area (Å²) in [4.78, 5) is 11.9. The molecule has 7 heteroatoms. The molecular formula is C15H23FN2O3S. The highest BCUT2D eigenvalue weighted by Gasteiger charge is 2.24. The van der Waals surface area contributed by atoms with E-state index in [2.05, 4.69) is 17.0 Å². The molecule has 1 unspecified atom stereocenters. The Balaban J connectivity index is 2.67. The van der Waals surface area contributed by atoms with Crippen LogP contribution in [0.1, 0.15) is 39.5 Å². The normalized spacial score (nSPS) is 12.9. The van der Waals surface area contributed by atoms with Gasteiger partial charge in [-0.1, -0.05) is 26.7 Å². The average molecular weight is 330 g/mol. The number of carbonyl (C=O) groups excluding carboxylic acids is 1. The van der Waals surface area contributed by atoms with E-state index in [1.165, 1.54) is 12.1 Å². The highest BCUT2D eigenvalue weighted by atomic mass is 32.2. The first-order valence-corrected chi connectivity index (χ1v) is 8.94.